The number of benzene rings is 1. The third-order valence-electron chi connectivity index (χ3n) is 4.82. The maximum atomic E-state index is 12.1. The fourth-order valence-electron chi connectivity index (χ4n) is 3.30. The summed E-state index contributed by atoms with van der Waals surface area (Å²) < 4.78 is 10.4. The molecule has 7 heteroatoms. The normalized spacial score (nSPS) is 17.4. The van der Waals surface area contributed by atoms with Gasteiger partial charge in [-0.3, -0.25) is 9.69 Å². The highest BCUT2D eigenvalue weighted by Crippen LogP contribution is 2.20. The molecule has 1 aliphatic rings. The van der Waals surface area contributed by atoms with Gasteiger partial charge in [-0.1, -0.05) is 12.1 Å². The fraction of sp³-hybridized carbons (Fsp3) is 0.526. The lowest BCUT2D eigenvalue weighted by Crippen LogP contribution is -2.40. The van der Waals surface area contributed by atoms with Crippen molar-refractivity contribution in [2.24, 2.45) is 0 Å². The van der Waals surface area contributed by atoms with Gasteiger partial charge in [-0.15, -0.1) is 0 Å². The zero-order valence-electron chi connectivity index (χ0n) is 15.4. The van der Waals surface area contributed by atoms with Crippen molar-refractivity contribution in [2.75, 3.05) is 26.7 Å². The second kappa shape index (κ2) is 8.80. The highest BCUT2D eigenvalue weighted by atomic mass is 16.5. The van der Waals surface area contributed by atoms with Crippen LogP contribution in [0.4, 0.5) is 0 Å². The smallest absolute Gasteiger partial charge is 0.227 e. The van der Waals surface area contributed by atoms with Crippen molar-refractivity contribution in [1.29, 1.82) is 0 Å². The monoisotopic (exact) mass is 358 g/mol. The van der Waals surface area contributed by atoms with Crippen molar-refractivity contribution >= 4 is 5.91 Å². The largest absolute Gasteiger partial charge is 0.497 e. The van der Waals surface area contributed by atoms with E-state index in [2.05, 4.69) is 27.3 Å². The summed E-state index contributed by atoms with van der Waals surface area (Å²) in [7, 11) is 1.62. The van der Waals surface area contributed by atoms with E-state index in [9.17, 15) is 4.79 Å². The summed E-state index contributed by atoms with van der Waals surface area (Å²) in [5, 5.41) is 7.01. The molecule has 1 saturated heterocycles. The van der Waals surface area contributed by atoms with Crippen LogP contribution >= 0.6 is 0 Å². The third-order valence-corrected chi connectivity index (χ3v) is 4.82. The molecule has 0 radical (unpaired) electrons. The summed E-state index contributed by atoms with van der Waals surface area (Å²) in [4.78, 5) is 18.9. The van der Waals surface area contributed by atoms with Gasteiger partial charge in [0.1, 0.15) is 5.75 Å². The van der Waals surface area contributed by atoms with Gasteiger partial charge >= 0.3 is 0 Å². The van der Waals surface area contributed by atoms with E-state index in [4.69, 9.17) is 9.26 Å². The molecule has 1 unspecified atom stereocenters. The van der Waals surface area contributed by atoms with Crippen LogP contribution in [0, 0.1) is 0 Å². The summed E-state index contributed by atoms with van der Waals surface area (Å²) in [5.74, 6) is 1.80. The van der Waals surface area contributed by atoms with E-state index < -0.39 is 0 Å². The quantitative estimate of drug-likeness (QED) is 0.780. The SMILES string of the molecule is CCN1CCCC1CNC(=O)CCc1nc(-c2ccc(OC)cc2)no1. The molecule has 3 rings (SSSR count). The van der Waals surface area contributed by atoms with E-state index in [1.165, 1.54) is 6.42 Å². The molecular formula is C19H26N4O3. The summed E-state index contributed by atoms with van der Waals surface area (Å²) in [6.45, 7) is 5.05. The molecule has 7 nitrogen and oxygen atoms in total. The molecule has 26 heavy (non-hydrogen) atoms. The molecule has 2 heterocycles. The average molecular weight is 358 g/mol. The Morgan fingerprint density at radius 1 is 1.38 bits per heavy atom. The number of nitrogens with one attached hydrogen (secondary N) is 1. The van der Waals surface area contributed by atoms with Gasteiger partial charge in [0.25, 0.3) is 0 Å². The van der Waals surface area contributed by atoms with E-state index in [0.717, 1.165) is 30.8 Å². The van der Waals surface area contributed by atoms with Crippen molar-refractivity contribution < 1.29 is 14.1 Å². The molecular weight excluding hydrogens is 332 g/mol. The van der Waals surface area contributed by atoms with E-state index in [-0.39, 0.29) is 5.91 Å². The topological polar surface area (TPSA) is 80.5 Å². The van der Waals surface area contributed by atoms with Crippen molar-refractivity contribution in [3.8, 4) is 17.1 Å². The van der Waals surface area contributed by atoms with Crippen LogP contribution in [0.15, 0.2) is 28.8 Å². The molecule has 2 aromatic rings. The van der Waals surface area contributed by atoms with E-state index in [1.807, 2.05) is 24.3 Å². The summed E-state index contributed by atoms with van der Waals surface area (Å²) in [6.07, 6.45) is 3.16. The maximum Gasteiger partial charge on any atom is 0.227 e. The Kier molecular flexibility index (Phi) is 6.22. The molecule has 0 aliphatic carbocycles. The predicted molar refractivity (Wildman–Crippen MR) is 97.9 cm³/mol. The summed E-state index contributed by atoms with van der Waals surface area (Å²) in [6, 6.07) is 7.92. The number of rotatable bonds is 8. The first kappa shape index (κ1) is 18.4. The number of carbonyl (C=O) groups is 1. The van der Waals surface area contributed by atoms with Gasteiger partial charge in [-0.25, -0.2) is 0 Å². The Morgan fingerprint density at radius 3 is 2.92 bits per heavy atom. The third kappa shape index (κ3) is 4.60. The van der Waals surface area contributed by atoms with Crippen LogP contribution in [-0.2, 0) is 11.2 Å². The number of likely N-dealkylation sites (N-methyl/N-ethyl adjacent to an activating group) is 1. The van der Waals surface area contributed by atoms with Crippen molar-refractivity contribution in [3.05, 3.63) is 30.2 Å². The van der Waals surface area contributed by atoms with Crippen LogP contribution in [-0.4, -0.2) is 53.7 Å². The lowest BCUT2D eigenvalue weighted by atomic mass is 10.2. The number of hydrogen-bond donors (Lipinski definition) is 1. The summed E-state index contributed by atoms with van der Waals surface area (Å²) >= 11 is 0. The minimum Gasteiger partial charge on any atom is -0.497 e. The van der Waals surface area contributed by atoms with Gasteiger partial charge in [-0.2, -0.15) is 4.98 Å². The van der Waals surface area contributed by atoms with E-state index in [1.54, 1.807) is 7.11 Å². The number of likely N-dealkylation sites (tertiary alicyclic amines) is 1. The van der Waals surface area contributed by atoms with Crippen LogP contribution in [0.1, 0.15) is 32.1 Å². The average Bonchev–Trinajstić information content (AvgIpc) is 3.33. The second-order valence-electron chi connectivity index (χ2n) is 6.47. The maximum absolute atomic E-state index is 12.1. The Morgan fingerprint density at radius 2 is 2.19 bits per heavy atom. The minimum absolute atomic E-state index is 0.0251. The molecule has 0 saturated carbocycles. The molecule has 1 aliphatic heterocycles. The summed E-state index contributed by atoms with van der Waals surface area (Å²) in [5.41, 5.74) is 0.853. The molecule has 1 aromatic heterocycles. The number of methoxy groups -OCH3 is 1. The van der Waals surface area contributed by atoms with Gasteiger partial charge in [0.15, 0.2) is 0 Å². The van der Waals surface area contributed by atoms with Crippen molar-refractivity contribution in [1.82, 2.24) is 20.4 Å². The van der Waals surface area contributed by atoms with E-state index in [0.29, 0.717) is 37.1 Å². The van der Waals surface area contributed by atoms with Gasteiger partial charge in [0, 0.05) is 31.0 Å². The van der Waals surface area contributed by atoms with Crippen LogP contribution < -0.4 is 10.1 Å². The van der Waals surface area contributed by atoms with Crippen LogP contribution in [0.5, 0.6) is 5.75 Å². The Balaban J connectivity index is 1.46. The number of amides is 1. The highest BCUT2D eigenvalue weighted by Gasteiger charge is 2.23. The first-order chi connectivity index (χ1) is 12.7. The molecule has 1 amide bonds. The zero-order chi connectivity index (χ0) is 18.4. The second-order valence-corrected chi connectivity index (χ2v) is 6.47. The molecule has 0 spiro atoms. The molecule has 0 bridgehead atoms. The van der Waals surface area contributed by atoms with Gasteiger partial charge in [-0.05, 0) is 50.2 Å². The Labute approximate surface area is 153 Å². The van der Waals surface area contributed by atoms with Gasteiger partial charge < -0.3 is 14.6 Å². The highest BCUT2D eigenvalue weighted by molar-refractivity contribution is 5.76. The fourth-order valence-corrected chi connectivity index (χ4v) is 3.30. The number of hydrogen-bond acceptors (Lipinski definition) is 6. The Hall–Kier alpha value is -2.41. The Bertz CT molecular complexity index is 714. The van der Waals surface area contributed by atoms with Crippen LogP contribution in [0.25, 0.3) is 11.4 Å². The van der Waals surface area contributed by atoms with Crippen molar-refractivity contribution in [2.45, 2.75) is 38.6 Å². The first-order valence-electron chi connectivity index (χ1n) is 9.17. The minimum atomic E-state index is 0.0251. The van der Waals surface area contributed by atoms with Crippen molar-refractivity contribution in [3.63, 3.8) is 0 Å². The van der Waals surface area contributed by atoms with Crippen LogP contribution in [0.2, 0.25) is 0 Å². The molecule has 1 fully saturated rings. The van der Waals surface area contributed by atoms with Gasteiger partial charge in [0.05, 0.1) is 7.11 Å². The molecule has 1 aromatic carbocycles. The first-order valence-corrected chi connectivity index (χ1v) is 9.17. The molecule has 1 atom stereocenters. The number of ether oxygens (including phenoxy) is 1. The lowest BCUT2D eigenvalue weighted by molar-refractivity contribution is -0.121. The number of nitrogens with zero attached hydrogens (tertiary/aromatic N) is 3. The number of carbonyl (C=O) groups excluding carboxylic acids is 1. The molecule has 140 valence electrons. The predicted octanol–water partition coefficient (Wildman–Crippen LogP) is 2.28. The van der Waals surface area contributed by atoms with Gasteiger partial charge in [0.2, 0.25) is 17.6 Å². The number of aryl methyl sites for hydroxylation is 1. The van der Waals surface area contributed by atoms with Crippen LogP contribution in [0.3, 0.4) is 0 Å². The number of aromatic nitrogens is 2. The molecule has 1 N–H and O–H groups in total. The standard InChI is InChI=1S/C19H26N4O3/c1-3-23-12-4-5-15(23)13-20-17(24)10-11-18-21-19(22-26-18)14-6-8-16(25-2)9-7-14/h6-9,15H,3-5,10-13H2,1-2H3,(H,20,24). The van der Waals surface area contributed by atoms with E-state index >= 15 is 0 Å². The zero-order valence-corrected chi connectivity index (χ0v) is 15.4. The lowest BCUT2D eigenvalue weighted by Gasteiger charge is -2.22.